The normalized spacial score (nSPS) is 6.88. The van der Waals surface area contributed by atoms with Crippen LogP contribution in [0.3, 0.4) is 0 Å². The fourth-order valence-electron chi connectivity index (χ4n) is 0. The van der Waals surface area contributed by atoms with E-state index in [1.165, 1.54) is 0 Å². The Balaban J connectivity index is -0.0000000481. The van der Waals surface area contributed by atoms with E-state index in [9.17, 15) is 0 Å². The van der Waals surface area contributed by atoms with Gasteiger partial charge in [-0.2, -0.15) is 0 Å². The first kappa shape index (κ1) is 46.3. The van der Waals surface area contributed by atoms with Gasteiger partial charge in [-0.25, -0.2) is 0 Å². The standard InChI is InChI=1S/5C2H2O4.Nb.V/c5*3-1(4)2(5)6;;/h5*(H,3,4)(H,5,6);;/q;;;;;+5;/p-10. The predicted molar refractivity (Wildman–Crippen MR) is 50.1 cm³/mol. The van der Waals surface area contributed by atoms with Crippen LogP contribution in [-0.4, -0.2) is 59.7 Å². The van der Waals surface area contributed by atoms with Gasteiger partial charge in [-0.1, -0.05) is 0 Å². The topological polar surface area (TPSA) is 401 Å². The maximum absolute atomic E-state index is 8.93. The van der Waals surface area contributed by atoms with E-state index in [1.54, 1.807) is 0 Å². The van der Waals surface area contributed by atoms with Crippen molar-refractivity contribution in [2.24, 2.45) is 0 Å². The molecule has 0 fully saturated rings. The van der Waals surface area contributed by atoms with Crippen molar-refractivity contribution < 1.29 is 140 Å². The average Bonchev–Trinajstić information content (AvgIpc) is 2.56. The monoisotopic (exact) mass is 584 g/mol. The second-order valence-electron chi connectivity index (χ2n) is 2.87. The first-order valence-corrected chi connectivity index (χ1v) is 5.33. The summed E-state index contributed by atoms with van der Waals surface area (Å²) in [6.07, 6.45) is 0. The van der Waals surface area contributed by atoms with E-state index in [1.807, 2.05) is 0 Å². The third-order valence-electron chi connectivity index (χ3n) is 0.833. The van der Waals surface area contributed by atoms with E-state index in [0.29, 0.717) is 0 Å². The molecule has 0 aliphatic carbocycles. The number of carbonyl (C=O) groups is 10. The van der Waals surface area contributed by atoms with Crippen molar-refractivity contribution in [3.63, 3.8) is 0 Å². The molecular weight excluding hydrogens is 584 g/mol. The van der Waals surface area contributed by atoms with Gasteiger partial charge < -0.3 is 99.0 Å². The maximum atomic E-state index is 8.93. The van der Waals surface area contributed by atoms with E-state index in [-0.39, 0.29) is 40.9 Å². The quantitative estimate of drug-likeness (QED) is 0.188. The molecule has 0 unspecified atom stereocenters. The number of carboxylic acids is 10. The maximum Gasteiger partial charge on any atom is 5.00 e. The molecule has 0 aromatic carbocycles. The van der Waals surface area contributed by atoms with Gasteiger partial charge in [0.05, 0.1) is 59.7 Å². The minimum absolute atomic E-state index is 0. The van der Waals surface area contributed by atoms with Crippen LogP contribution in [0.1, 0.15) is 0 Å². The van der Waals surface area contributed by atoms with Crippen molar-refractivity contribution in [1.29, 1.82) is 0 Å². The Labute approximate surface area is 199 Å². The molecule has 0 amide bonds. The van der Waals surface area contributed by atoms with Gasteiger partial charge in [0.1, 0.15) is 0 Å². The van der Waals surface area contributed by atoms with Crippen LogP contribution in [0.5, 0.6) is 0 Å². The number of rotatable bonds is 0. The number of hydrogen-bond acceptors (Lipinski definition) is 20. The Morgan fingerprint density at radius 2 is 0.281 bits per heavy atom. The summed E-state index contributed by atoms with van der Waals surface area (Å²) >= 11 is 0. The van der Waals surface area contributed by atoms with Crippen molar-refractivity contribution in [3.8, 4) is 0 Å². The van der Waals surface area contributed by atoms with Crippen LogP contribution in [0.25, 0.3) is 0 Å². The van der Waals surface area contributed by atoms with Crippen molar-refractivity contribution >= 4 is 59.7 Å². The largest absolute Gasteiger partial charge is 5.00 e. The first-order valence-electron chi connectivity index (χ1n) is 5.33. The van der Waals surface area contributed by atoms with Gasteiger partial charge in [0.25, 0.3) is 0 Å². The van der Waals surface area contributed by atoms with Crippen molar-refractivity contribution in [2.45, 2.75) is 0 Å². The molecule has 175 valence electrons. The predicted octanol–water partition coefficient (Wildman–Crippen LogP) is -17.6. The fourth-order valence-corrected chi connectivity index (χ4v) is 0. The molecule has 0 aliphatic heterocycles. The Morgan fingerprint density at radius 1 is 0.250 bits per heavy atom. The van der Waals surface area contributed by atoms with E-state index < -0.39 is 59.7 Å². The molecule has 0 saturated heterocycles. The molecule has 32 heavy (non-hydrogen) atoms. The SMILES string of the molecule is O=C([O-])C(=O)[O-].O=C([O-])C(=O)[O-].O=C([O-])C(=O)[O-].O=C([O-])C(=O)[O-].O=C([O-])C(=O)[O-].[Nb+5].[V]. The summed E-state index contributed by atoms with van der Waals surface area (Å²) in [5.74, 6) is -21.9. The minimum atomic E-state index is -2.19. The number of aliphatic carboxylic acids is 10. The van der Waals surface area contributed by atoms with Crippen molar-refractivity contribution in [3.05, 3.63) is 0 Å². The molecule has 0 aliphatic rings. The van der Waals surface area contributed by atoms with Gasteiger partial charge in [0.2, 0.25) is 0 Å². The molecule has 0 aromatic rings. The third kappa shape index (κ3) is 63.5. The van der Waals surface area contributed by atoms with Gasteiger partial charge in [0.15, 0.2) is 0 Å². The average molecular weight is 584 g/mol. The fraction of sp³-hybridized carbons (Fsp3) is 0. The van der Waals surface area contributed by atoms with E-state index in [2.05, 4.69) is 0 Å². The summed E-state index contributed by atoms with van der Waals surface area (Å²) in [6.45, 7) is 0. The Kier molecular flexibility index (Phi) is 39.1. The van der Waals surface area contributed by atoms with E-state index >= 15 is 0 Å². The molecular formula is C10NbO20V-5. The molecule has 0 heterocycles. The van der Waals surface area contributed by atoms with Crippen molar-refractivity contribution in [2.75, 3.05) is 0 Å². The minimum Gasteiger partial charge on any atom is -0.543 e. The Morgan fingerprint density at radius 3 is 0.281 bits per heavy atom. The smallest absolute Gasteiger partial charge is 0.543 e. The molecule has 20 nitrogen and oxygen atoms in total. The number of carboxylic acid groups (broad SMARTS) is 10. The zero-order valence-corrected chi connectivity index (χ0v) is 17.7. The molecule has 0 saturated carbocycles. The van der Waals surface area contributed by atoms with Crippen LogP contribution in [-0.2, 0) is 88.9 Å². The summed E-state index contributed by atoms with van der Waals surface area (Å²) in [7, 11) is 0. The zero-order valence-electron chi connectivity index (χ0n) is 14.1. The Bertz CT molecular complexity index is 510. The molecule has 22 heteroatoms. The molecule has 0 atom stereocenters. The molecule has 0 aromatic heterocycles. The van der Waals surface area contributed by atoms with E-state index in [0.717, 1.165) is 0 Å². The molecule has 1 radical (unpaired) electrons. The van der Waals surface area contributed by atoms with Crippen LogP contribution in [0.4, 0.5) is 0 Å². The van der Waals surface area contributed by atoms with Crippen molar-refractivity contribution in [1.82, 2.24) is 0 Å². The molecule has 0 bridgehead atoms. The summed E-state index contributed by atoms with van der Waals surface area (Å²) in [5.41, 5.74) is 0. The van der Waals surface area contributed by atoms with Gasteiger partial charge in [0, 0.05) is 18.6 Å². The third-order valence-corrected chi connectivity index (χ3v) is 0.833. The second-order valence-corrected chi connectivity index (χ2v) is 2.87. The van der Waals surface area contributed by atoms with Gasteiger partial charge >= 0.3 is 22.4 Å². The van der Waals surface area contributed by atoms with Crippen LogP contribution in [0.15, 0.2) is 0 Å². The summed E-state index contributed by atoms with van der Waals surface area (Å²) in [6, 6.07) is 0. The van der Waals surface area contributed by atoms with Crippen LogP contribution < -0.4 is 51.1 Å². The van der Waals surface area contributed by atoms with Gasteiger partial charge in [-0.15, -0.1) is 0 Å². The van der Waals surface area contributed by atoms with E-state index in [4.69, 9.17) is 99.0 Å². The summed E-state index contributed by atoms with van der Waals surface area (Å²) in [5, 5.41) is 89.3. The van der Waals surface area contributed by atoms with Crippen LogP contribution >= 0.6 is 0 Å². The Hall–Kier alpha value is -3.98. The second kappa shape index (κ2) is 27.0. The number of hydrogen-bond donors (Lipinski definition) is 0. The number of carbonyl (C=O) groups excluding carboxylic acids is 10. The molecule has 0 spiro atoms. The molecule has 0 N–H and O–H groups in total. The van der Waals surface area contributed by atoms with Crippen LogP contribution in [0, 0.1) is 0 Å². The van der Waals surface area contributed by atoms with Gasteiger partial charge in [-0.05, 0) is 0 Å². The molecule has 0 rings (SSSR count). The van der Waals surface area contributed by atoms with Crippen LogP contribution in [0.2, 0.25) is 0 Å². The summed E-state index contributed by atoms with van der Waals surface area (Å²) < 4.78 is 0. The van der Waals surface area contributed by atoms with Gasteiger partial charge in [-0.3, -0.25) is 0 Å². The first-order chi connectivity index (χ1) is 13.2. The zero-order chi connectivity index (χ0) is 25.8. The summed E-state index contributed by atoms with van der Waals surface area (Å²) in [4.78, 5) is 89.3.